The van der Waals surface area contributed by atoms with E-state index in [0.29, 0.717) is 5.56 Å². The average molecular weight is 376 g/mol. The molecule has 0 N–H and O–H groups in total. The zero-order chi connectivity index (χ0) is 20.5. The Kier molecular flexibility index (Phi) is 5.46. The molecule has 28 heavy (non-hydrogen) atoms. The Morgan fingerprint density at radius 1 is 0.929 bits per heavy atom. The van der Waals surface area contributed by atoms with Crippen molar-refractivity contribution < 1.29 is 9.53 Å². The predicted octanol–water partition coefficient (Wildman–Crippen LogP) is 6.06. The molecule has 3 rings (SSSR count). The van der Waals surface area contributed by atoms with Crippen LogP contribution in [0.2, 0.25) is 0 Å². The molecule has 1 aromatic heterocycles. The third-order valence-corrected chi connectivity index (χ3v) is 5.13. The van der Waals surface area contributed by atoms with Crippen LogP contribution in [0.3, 0.4) is 0 Å². The lowest BCUT2D eigenvalue weighted by Crippen LogP contribution is -2.11. The Bertz CT molecular complexity index is 971. The third-order valence-electron chi connectivity index (χ3n) is 5.13. The van der Waals surface area contributed by atoms with E-state index in [0.717, 1.165) is 22.6 Å². The van der Waals surface area contributed by atoms with E-state index < -0.39 is 0 Å². The predicted molar refractivity (Wildman–Crippen MR) is 114 cm³/mol. The minimum absolute atomic E-state index is 0.114. The quantitative estimate of drug-likeness (QED) is 0.519. The Morgan fingerprint density at radius 3 is 2.11 bits per heavy atom. The van der Waals surface area contributed by atoms with Gasteiger partial charge in [0.1, 0.15) is 6.61 Å². The van der Waals surface area contributed by atoms with Crippen molar-refractivity contribution >= 4 is 5.97 Å². The summed E-state index contributed by atoms with van der Waals surface area (Å²) in [6, 6.07) is 18.5. The fraction of sp³-hybridized carbons (Fsp3) is 0.320. The van der Waals surface area contributed by atoms with Gasteiger partial charge in [-0.3, -0.25) is 0 Å². The molecule has 0 aliphatic rings. The van der Waals surface area contributed by atoms with E-state index in [1.165, 1.54) is 11.1 Å². The fourth-order valence-electron chi connectivity index (χ4n) is 3.39. The van der Waals surface area contributed by atoms with E-state index in [9.17, 15) is 4.79 Å². The van der Waals surface area contributed by atoms with E-state index in [1.807, 2.05) is 32.0 Å². The van der Waals surface area contributed by atoms with Crippen molar-refractivity contribution in [3.05, 3.63) is 88.2 Å². The van der Waals surface area contributed by atoms with E-state index in [2.05, 4.69) is 68.7 Å². The molecule has 0 saturated carbocycles. The maximum Gasteiger partial charge on any atom is 0.340 e. The van der Waals surface area contributed by atoms with E-state index in [-0.39, 0.29) is 18.0 Å². The number of hydrogen-bond donors (Lipinski definition) is 0. The van der Waals surface area contributed by atoms with Crippen molar-refractivity contribution in [3.63, 3.8) is 0 Å². The highest BCUT2D eigenvalue weighted by molar-refractivity contribution is 5.91. The van der Waals surface area contributed by atoms with Gasteiger partial charge in [0.05, 0.1) is 5.56 Å². The summed E-state index contributed by atoms with van der Waals surface area (Å²) in [6.07, 6.45) is 0. The van der Waals surface area contributed by atoms with Crippen LogP contribution in [-0.4, -0.2) is 10.5 Å². The number of rotatable bonds is 4. The molecule has 0 atom stereocenters. The first kappa shape index (κ1) is 19.9. The Morgan fingerprint density at radius 2 is 1.54 bits per heavy atom. The largest absolute Gasteiger partial charge is 0.457 e. The number of nitrogens with zero attached hydrogens (tertiary/aromatic N) is 1. The molecule has 0 aliphatic carbocycles. The van der Waals surface area contributed by atoms with Crippen LogP contribution < -0.4 is 0 Å². The number of aromatic nitrogens is 1. The summed E-state index contributed by atoms with van der Waals surface area (Å²) in [4.78, 5) is 12.7. The Hall–Kier alpha value is -2.81. The van der Waals surface area contributed by atoms with Crippen molar-refractivity contribution in [2.24, 2.45) is 0 Å². The zero-order valence-electron chi connectivity index (χ0n) is 17.7. The Labute approximate surface area is 168 Å². The van der Waals surface area contributed by atoms with Gasteiger partial charge in [-0.1, -0.05) is 62.7 Å². The molecule has 0 fully saturated rings. The topological polar surface area (TPSA) is 31.2 Å². The van der Waals surface area contributed by atoms with Gasteiger partial charge in [0.15, 0.2) is 0 Å². The fourth-order valence-corrected chi connectivity index (χ4v) is 3.39. The van der Waals surface area contributed by atoms with Crippen LogP contribution in [0.1, 0.15) is 59.2 Å². The van der Waals surface area contributed by atoms with E-state index in [1.54, 1.807) is 0 Å². The SMILES string of the molecule is Cc1ccc(-n2c(C)cc(C(=O)OCc3ccc(C(C)(C)C)cc3)c2C)cc1. The first-order chi connectivity index (χ1) is 13.2. The van der Waals surface area contributed by atoms with Crippen LogP contribution in [0.5, 0.6) is 0 Å². The third kappa shape index (κ3) is 4.19. The maximum atomic E-state index is 12.7. The molecule has 0 saturated heterocycles. The van der Waals surface area contributed by atoms with Gasteiger partial charge in [0.2, 0.25) is 0 Å². The maximum absolute atomic E-state index is 12.7. The normalized spacial score (nSPS) is 11.5. The summed E-state index contributed by atoms with van der Waals surface area (Å²) >= 11 is 0. The van der Waals surface area contributed by atoms with Crippen LogP contribution in [0, 0.1) is 20.8 Å². The minimum Gasteiger partial charge on any atom is -0.457 e. The number of esters is 1. The molecule has 1 heterocycles. The van der Waals surface area contributed by atoms with Crippen LogP contribution in [-0.2, 0) is 16.8 Å². The van der Waals surface area contributed by atoms with Gasteiger partial charge in [0.25, 0.3) is 0 Å². The first-order valence-electron chi connectivity index (χ1n) is 9.69. The molecule has 0 aliphatic heterocycles. The van der Waals surface area contributed by atoms with E-state index >= 15 is 0 Å². The standard InChI is InChI=1S/C25H29NO2/c1-17-7-13-22(14-8-17)26-18(2)15-23(19(26)3)24(27)28-16-20-9-11-21(12-10-20)25(4,5)6/h7-15H,16H2,1-6H3. The van der Waals surface area contributed by atoms with Crippen LogP contribution in [0.25, 0.3) is 5.69 Å². The van der Waals surface area contributed by atoms with Gasteiger partial charge in [-0.05, 0) is 55.5 Å². The summed E-state index contributed by atoms with van der Waals surface area (Å²) in [5.41, 5.74) is 7.17. The van der Waals surface area contributed by atoms with Crippen molar-refractivity contribution in [3.8, 4) is 5.69 Å². The second-order valence-electron chi connectivity index (χ2n) is 8.48. The molecule has 3 aromatic rings. The highest BCUT2D eigenvalue weighted by Crippen LogP contribution is 2.24. The molecule has 0 radical (unpaired) electrons. The summed E-state index contributed by atoms with van der Waals surface area (Å²) in [5, 5.41) is 0. The van der Waals surface area contributed by atoms with Crippen LogP contribution in [0.15, 0.2) is 54.6 Å². The van der Waals surface area contributed by atoms with E-state index in [4.69, 9.17) is 4.74 Å². The highest BCUT2D eigenvalue weighted by atomic mass is 16.5. The Balaban J connectivity index is 1.75. The molecule has 146 valence electrons. The molecule has 3 nitrogen and oxygen atoms in total. The monoisotopic (exact) mass is 375 g/mol. The number of hydrogen-bond acceptors (Lipinski definition) is 2. The first-order valence-corrected chi connectivity index (χ1v) is 9.69. The zero-order valence-corrected chi connectivity index (χ0v) is 17.7. The highest BCUT2D eigenvalue weighted by Gasteiger charge is 2.18. The van der Waals surface area contributed by atoms with Gasteiger partial charge in [0, 0.05) is 17.1 Å². The van der Waals surface area contributed by atoms with Crippen molar-refractivity contribution in [2.75, 3.05) is 0 Å². The summed E-state index contributed by atoms with van der Waals surface area (Å²) < 4.78 is 7.68. The van der Waals surface area contributed by atoms with Crippen molar-refractivity contribution in [1.82, 2.24) is 4.57 Å². The molecule has 2 aromatic carbocycles. The number of aryl methyl sites for hydroxylation is 2. The molecule has 0 amide bonds. The van der Waals surface area contributed by atoms with Crippen LogP contribution >= 0.6 is 0 Å². The molecule has 0 spiro atoms. The van der Waals surface area contributed by atoms with Gasteiger partial charge in [-0.15, -0.1) is 0 Å². The minimum atomic E-state index is -0.286. The van der Waals surface area contributed by atoms with Gasteiger partial charge in [-0.2, -0.15) is 0 Å². The molecule has 0 unspecified atom stereocenters. The second kappa shape index (κ2) is 7.67. The smallest absolute Gasteiger partial charge is 0.340 e. The lowest BCUT2D eigenvalue weighted by atomic mass is 9.87. The summed E-state index contributed by atoms with van der Waals surface area (Å²) in [6.45, 7) is 12.9. The van der Waals surface area contributed by atoms with Gasteiger partial charge in [-0.25, -0.2) is 4.79 Å². The number of carbonyl (C=O) groups is 1. The van der Waals surface area contributed by atoms with Gasteiger partial charge >= 0.3 is 5.97 Å². The van der Waals surface area contributed by atoms with Crippen molar-refractivity contribution in [1.29, 1.82) is 0 Å². The number of carbonyl (C=O) groups excluding carboxylic acids is 1. The van der Waals surface area contributed by atoms with Gasteiger partial charge < -0.3 is 9.30 Å². The molecule has 3 heteroatoms. The molecular formula is C25H29NO2. The average Bonchev–Trinajstić information content (AvgIpc) is 2.94. The number of ether oxygens (including phenoxy) is 1. The lowest BCUT2D eigenvalue weighted by molar-refractivity contribution is 0.0472. The van der Waals surface area contributed by atoms with Crippen LogP contribution in [0.4, 0.5) is 0 Å². The lowest BCUT2D eigenvalue weighted by Gasteiger charge is -2.19. The molecule has 0 bridgehead atoms. The second-order valence-corrected chi connectivity index (χ2v) is 8.48. The molecular weight excluding hydrogens is 346 g/mol. The summed E-state index contributed by atoms with van der Waals surface area (Å²) in [5.74, 6) is -0.286. The van der Waals surface area contributed by atoms with Crippen molar-refractivity contribution in [2.45, 2.75) is 53.6 Å². The summed E-state index contributed by atoms with van der Waals surface area (Å²) in [7, 11) is 0. The number of benzene rings is 2.